The molecule has 0 radical (unpaired) electrons. The van der Waals surface area contributed by atoms with Gasteiger partial charge in [-0.25, -0.2) is 4.99 Å². The van der Waals surface area contributed by atoms with Crippen molar-refractivity contribution >= 4 is 17.7 Å². The van der Waals surface area contributed by atoms with E-state index in [0.717, 1.165) is 22.6 Å². The highest BCUT2D eigenvalue weighted by atomic mass is 16.6. The van der Waals surface area contributed by atoms with E-state index in [1.165, 1.54) is 18.9 Å². The molecule has 0 saturated carbocycles. The van der Waals surface area contributed by atoms with Gasteiger partial charge in [-0.15, -0.1) is 0 Å². The molecule has 2 aromatic rings. The van der Waals surface area contributed by atoms with Gasteiger partial charge in [0.25, 0.3) is 0 Å². The molecule has 1 N–H and O–H groups in total. The minimum Gasteiger partial charge on any atom is -0.489 e. The molecule has 0 aliphatic heterocycles. The molecule has 0 saturated heterocycles. The molecule has 5 heteroatoms. The molecule has 0 fully saturated rings. The van der Waals surface area contributed by atoms with Crippen molar-refractivity contribution in [3.63, 3.8) is 0 Å². The summed E-state index contributed by atoms with van der Waals surface area (Å²) in [5.41, 5.74) is 4.12. The average molecular weight is 325 g/mol. The van der Waals surface area contributed by atoms with Crippen LogP contribution in [0, 0.1) is 13.8 Å². The van der Waals surface area contributed by atoms with E-state index in [4.69, 9.17) is 9.57 Å². The first-order valence-electron chi connectivity index (χ1n) is 7.75. The number of hydrogen-bond donors (Lipinski definition) is 1. The maximum Gasteiger partial charge on any atom is 0.148 e. The van der Waals surface area contributed by atoms with Gasteiger partial charge in [0.1, 0.15) is 31.5 Å². The number of ether oxygens (including phenoxy) is 1. The summed E-state index contributed by atoms with van der Waals surface area (Å²) in [6, 6.07) is 14.1. The van der Waals surface area contributed by atoms with Crippen LogP contribution in [0.25, 0.3) is 0 Å². The third-order valence-electron chi connectivity index (χ3n) is 3.50. The molecule has 0 bridgehead atoms. The van der Waals surface area contributed by atoms with Crippen molar-refractivity contribution < 1.29 is 9.57 Å². The first kappa shape index (κ1) is 17.5. The number of rotatable bonds is 6. The zero-order valence-electron chi connectivity index (χ0n) is 14.5. The van der Waals surface area contributed by atoms with E-state index in [1.807, 2.05) is 37.3 Å². The Hall–Kier alpha value is -2.82. The number of aliphatic imine (C=N–C) groups is 1. The molecule has 2 rings (SSSR count). The van der Waals surface area contributed by atoms with Gasteiger partial charge in [0.05, 0.1) is 5.69 Å². The number of para-hydroxylation sites is 1. The van der Waals surface area contributed by atoms with Crippen molar-refractivity contribution in [2.45, 2.75) is 20.5 Å². The molecule has 0 spiro atoms. The maximum atomic E-state index is 5.99. The summed E-state index contributed by atoms with van der Waals surface area (Å²) in [4.78, 5) is 9.26. The highest BCUT2D eigenvalue weighted by molar-refractivity contribution is 6.29. The van der Waals surface area contributed by atoms with E-state index in [2.05, 4.69) is 34.5 Å². The average Bonchev–Trinajstić information content (AvgIpc) is 2.60. The van der Waals surface area contributed by atoms with Gasteiger partial charge in [-0.3, -0.25) is 0 Å². The van der Waals surface area contributed by atoms with E-state index < -0.39 is 0 Å². The van der Waals surface area contributed by atoms with Gasteiger partial charge in [-0.05, 0) is 37.1 Å². The zero-order chi connectivity index (χ0) is 17.4. The first-order chi connectivity index (χ1) is 11.6. The minimum atomic E-state index is 0.447. The Labute approximate surface area is 143 Å². The Morgan fingerprint density at radius 3 is 2.71 bits per heavy atom. The van der Waals surface area contributed by atoms with E-state index in [1.54, 1.807) is 7.05 Å². The van der Waals surface area contributed by atoms with E-state index in [0.29, 0.717) is 12.4 Å². The van der Waals surface area contributed by atoms with Crippen LogP contribution in [-0.2, 0) is 11.4 Å². The van der Waals surface area contributed by atoms with Gasteiger partial charge in [0.2, 0.25) is 0 Å². The number of benzene rings is 2. The van der Waals surface area contributed by atoms with Crippen LogP contribution in [0.2, 0.25) is 0 Å². The molecule has 0 amide bonds. The van der Waals surface area contributed by atoms with E-state index >= 15 is 0 Å². The van der Waals surface area contributed by atoms with Gasteiger partial charge < -0.3 is 14.9 Å². The minimum absolute atomic E-state index is 0.447. The van der Waals surface area contributed by atoms with Crippen LogP contribution in [0.3, 0.4) is 0 Å². The number of nitrogens with one attached hydrogen (secondary N) is 1. The standard InChI is InChI=1S/C19H23N3O2/c1-14-9-10-15(2)18(11-14)24-13-16-7-5-6-8-17(16)22-19(20-3)12-21-23-4/h5-12H,13H2,1-4H3,(H,20,22). The lowest BCUT2D eigenvalue weighted by Gasteiger charge is -2.12. The van der Waals surface area contributed by atoms with Gasteiger partial charge in [-0.2, -0.15) is 0 Å². The molecule has 0 unspecified atom stereocenters. The van der Waals surface area contributed by atoms with Crippen LogP contribution in [0.1, 0.15) is 16.7 Å². The molecule has 0 aromatic heterocycles. The van der Waals surface area contributed by atoms with Crippen molar-refractivity contribution in [2.24, 2.45) is 10.1 Å². The third kappa shape index (κ3) is 4.84. The molecule has 0 aliphatic rings. The van der Waals surface area contributed by atoms with Crippen LogP contribution in [0.4, 0.5) is 5.69 Å². The summed E-state index contributed by atoms with van der Waals surface area (Å²) in [5, 5.41) is 6.72. The number of oxime groups is 1. The fourth-order valence-electron chi connectivity index (χ4n) is 2.14. The molecule has 0 atom stereocenters. The predicted octanol–water partition coefficient (Wildman–Crippen LogP) is 3.76. The number of nitrogens with zero attached hydrogens (tertiary/aromatic N) is 2. The van der Waals surface area contributed by atoms with Crippen LogP contribution >= 0.6 is 0 Å². The lowest BCUT2D eigenvalue weighted by atomic mass is 10.1. The Morgan fingerprint density at radius 1 is 1.17 bits per heavy atom. The molecule has 0 aliphatic carbocycles. The Morgan fingerprint density at radius 2 is 1.96 bits per heavy atom. The lowest BCUT2D eigenvalue weighted by Crippen LogP contribution is -2.19. The molecule has 0 heterocycles. The zero-order valence-corrected chi connectivity index (χ0v) is 14.5. The van der Waals surface area contributed by atoms with Crippen molar-refractivity contribution in [3.8, 4) is 5.75 Å². The SMILES string of the molecule is CNC(C=NOC)=Nc1ccccc1COc1cc(C)ccc1C. The summed E-state index contributed by atoms with van der Waals surface area (Å²) in [7, 11) is 3.28. The number of hydrogen-bond acceptors (Lipinski definition) is 4. The van der Waals surface area contributed by atoms with Crippen LogP contribution in [0.5, 0.6) is 5.75 Å². The van der Waals surface area contributed by atoms with Gasteiger partial charge in [-0.1, -0.05) is 35.5 Å². The van der Waals surface area contributed by atoms with Crippen molar-refractivity contribution in [3.05, 3.63) is 59.2 Å². The summed E-state index contributed by atoms with van der Waals surface area (Å²) in [6.45, 7) is 4.54. The largest absolute Gasteiger partial charge is 0.489 e. The Bertz CT molecular complexity index is 739. The fourth-order valence-corrected chi connectivity index (χ4v) is 2.14. The van der Waals surface area contributed by atoms with E-state index in [9.17, 15) is 0 Å². The summed E-state index contributed by atoms with van der Waals surface area (Å²) < 4.78 is 5.99. The van der Waals surface area contributed by atoms with Crippen LogP contribution < -0.4 is 10.1 Å². The highest BCUT2D eigenvalue weighted by Crippen LogP contribution is 2.24. The molecule has 2 aromatic carbocycles. The fraction of sp³-hybridized carbons (Fsp3) is 0.263. The van der Waals surface area contributed by atoms with Crippen LogP contribution in [-0.4, -0.2) is 26.2 Å². The second-order valence-electron chi connectivity index (χ2n) is 5.35. The first-order valence-corrected chi connectivity index (χ1v) is 7.75. The van der Waals surface area contributed by atoms with Gasteiger partial charge in [0, 0.05) is 12.6 Å². The second kappa shape index (κ2) is 8.72. The maximum absolute atomic E-state index is 5.99. The Balaban J connectivity index is 2.21. The summed E-state index contributed by atoms with van der Waals surface area (Å²) in [6.07, 6.45) is 1.53. The summed E-state index contributed by atoms with van der Waals surface area (Å²) >= 11 is 0. The number of aryl methyl sites for hydroxylation is 2. The lowest BCUT2D eigenvalue weighted by molar-refractivity contribution is 0.216. The Kier molecular flexibility index (Phi) is 6.37. The van der Waals surface area contributed by atoms with Crippen molar-refractivity contribution in [2.75, 3.05) is 14.2 Å². The van der Waals surface area contributed by atoms with Crippen molar-refractivity contribution in [1.82, 2.24) is 5.32 Å². The van der Waals surface area contributed by atoms with Crippen LogP contribution in [0.15, 0.2) is 52.6 Å². The predicted molar refractivity (Wildman–Crippen MR) is 98.3 cm³/mol. The highest BCUT2D eigenvalue weighted by Gasteiger charge is 2.05. The molecule has 24 heavy (non-hydrogen) atoms. The molecule has 126 valence electrons. The molecular weight excluding hydrogens is 302 g/mol. The van der Waals surface area contributed by atoms with Gasteiger partial charge in [0.15, 0.2) is 0 Å². The number of amidine groups is 1. The van der Waals surface area contributed by atoms with Crippen molar-refractivity contribution in [1.29, 1.82) is 0 Å². The van der Waals surface area contributed by atoms with E-state index in [-0.39, 0.29) is 0 Å². The van der Waals surface area contributed by atoms with Gasteiger partial charge >= 0.3 is 0 Å². The summed E-state index contributed by atoms with van der Waals surface area (Å²) in [5.74, 6) is 1.50. The molecular formula is C19H23N3O2. The monoisotopic (exact) mass is 325 g/mol. The third-order valence-corrected chi connectivity index (χ3v) is 3.50. The normalized spacial score (nSPS) is 11.6. The topological polar surface area (TPSA) is 55.2 Å². The quantitative estimate of drug-likeness (QED) is 0.500. The molecule has 5 nitrogen and oxygen atoms in total. The smallest absolute Gasteiger partial charge is 0.148 e. The second-order valence-corrected chi connectivity index (χ2v) is 5.35.